The van der Waals surface area contributed by atoms with Gasteiger partial charge in [-0.15, -0.1) is 10.2 Å². The van der Waals surface area contributed by atoms with Crippen LogP contribution in [0.25, 0.3) is 11.4 Å². The van der Waals surface area contributed by atoms with Crippen molar-refractivity contribution in [1.82, 2.24) is 30.0 Å². The third-order valence-electron chi connectivity index (χ3n) is 4.34. The number of alkyl halides is 3. The van der Waals surface area contributed by atoms with Crippen molar-refractivity contribution in [1.29, 1.82) is 0 Å². The highest BCUT2D eigenvalue weighted by molar-refractivity contribution is 5.76. The molecule has 2 amide bonds. The van der Waals surface area contributed by atoms with E-state index in [1.54, 1.807) is 11.8 Å². The minimum absolute atomic E-state index is 0.00368. The minimum Gasteiger partial charge on any atom is -0.450 e. The molecule has 9 nitrogen and oxygen atoms in total. The van der Waals surface area contributed by atoms with Crippen molar-refractivity contribution in [2.45, 2.75) is 19.6 Å². The number of halogens is 3. The largest absolute Gasteiger partial charge is 0.450 e. The van der Waals surface area contributed by atoms with Crippen LogP contribution in [0.2, 0.25) is 0 Å². The average molecular weight is 412 g/mol. The Kier molecular flexibility index (Phi) is 5.99. The van der Waals surface area contributed by atoms with Gasteiger partial charge in [0.25, 0.3) is 0 Å². The van der Waals surface area contributed by atoms with Gasteiger partial charge in [-0.3, -0.25) is 4.79 Å². The van der Waals surface area contributed by atoms with Gasteiger partial charge in [-0.05, 0) is 24.3 Å². The van der Waals surface area contributed by atoms with Gasteiger partial charge in [0.15, 0.2) is 0 Å². The topological polar surface area (TPSA) is 93.5 Å². The zero-order chi connectivity index (χ0) is 21.0. The van der Waals surface area contributed by atoms with Crippen molar-refractivity contribution in [3.05, 3.63) is 29.8 Å². The van der Waals surface area contributed by atoms with Crippen LogP contribution in [0.1, 0.15) is 12.5 Å². The van der Waals surface area contributed by atoms with Gasteiger partial charge >= 0.3 is 12.3 Å². The minimum atomic E-state index is -4.48. The maximum atomic E-state index is 12.8. The number of benzene rings is 1. The number of carbonyl (C=O) groups excluding carboxylic acids is 2. The molecule has 0 unspecified atom stereocenters. The predicted octanol–water partition coefficient (Wildman–Crippen LogP) is 1.66. The lowest BCUT2D eigenvalue weighted by Crippen LogP contribution is -2.51. The molecular weight excluding hydrogens is 393 g/mol. The standard InChI is InChI=1S/C17H19F3N6O3/c1-2-29-16(28)25-8-6-24(7-9-25)14(27)11-26-22-15(21-23-26)12-4-3-5-13(10-12)17(18,19)20/h3-5,10H,2,6-9,11H2,1H3. The van der Waals surface area contributed by atoms with E-state index in [0.29, 0.717) is 26.2 Å². The summed E-state index contributed by atoms with van der Waals surface area (Å²) < 4.78 is 43.5. The molecule has 1 aliphatic heterocycles. The Balaban J connectivity index is 1.60. The molecule has 0 radical (unpaired) electrons. The zero-order valence-corrected chi connectivity index (χ0v) is 15.6. The highest BCUT2D eigenvalue weighted by Gasteiger charge is 2.31. The molecule has 1 aromatic carbocycles. The molecule has 1 aliphatic rings. The Bertz CT molecular complexity index is 877. The quantitative estimate of drug-likeness (QED) is 0.758. The molecule has 0 spiro atoms. The molecular formula is C17H19F3N6O3. The summed E-state index contributed by atoms with van der Waals surface area (Å²) in [4.78, 5) is 28.2. The van der Waals surface area contributed by atoms with Gasteiger partial charge in [0.2, 0.25) is 11.7 Å². The summed E-state index contributed by atoms with van der Waals surface area (Å²) in [5.41, 5.74) is -0.663. The van der Waals surface area contributed by atoms with Crippen LogP contribution in [-0.4, -0.2) is 74.8 Å². The monoisotopic (exact) mass is 412 g/mol. The van der Waals surface area contributed by atoms with Crippen LogP contribution in [0.4, 0.5) is 18.0 Å². The van der Waals surface area contributed by atoms with E-state index in [1.165, 1.54) is 17.0 Å². The second kappa shape index (κ2) is 8.45. The first-order chi connectivity index (χ1) is 13.8. The summed E-state index contributed by atoms with van der Waals surface area (Å²) in [5, 5.41) is 11.5. The van der Waals surface area contributed by atoms with E-state index in [1.807, 2.05) is 0 Å². The molecule has 0 atom stereocenters. The SMILES string of the molecule is CCOC(=O)N1CCN(C(=O)Cn2nnc(-c3cccc(C(F)(F)F)c3)n2)CC1. The van der Waals surface area contributed by atoms with Crippen molar-refractivity contribution in [2.75, 3.05) is 32.8 Å². The molecule has 0 saturated carbocycles. The van der Waals surface area contributed by atoms with E-state index in [4.69, 9.17) is 4.74 Å². The fraction of sp³-hybridized carbons (Fsp3) is 0.471. The summed E-state index contributed by atoms with van der Waals surface area (Å²) >= 11 is 0. The second-order valence-corrected chi connectivity index (χ2v) is 6.29. The zero-order valence-electron chi connectivity index (χ0n) is 15.6. The Morgan fingerprint density at radius 2 is 1.83 bits per heavy atom. The lowest BCUT2D eigenvalue weighted by molar-refractivity contribution is -0.137. The number of aromatic nitrogens is 4. The van der Waals surface area contributed by atoms with Crippen molar-refractivity contribution in [3.63, 3.8) is 0 Å². The van der Waals surface area contributed by atoms with Crippen LogP contribution in [0.15, 0.2) is 24.3 Å². The molecule has 1 fully saturated rings. The molecule has 2 heterocycles. The molecule has 156 valence electrons. The fourth-order valence-corrected chi connectivity index (χ4v) is 2.83. The lowest BCUT2D eigenvalue weighted by atomic mass is 10.1. The van der Waals surface area contributed by atoms with Crippen molar-refractivity contribution < 1.29 is 27.5 Å². The van der Waals surface area contributed by atoms with Gasteiger partial charge in [0.1, 0.15) is 6.54 Å². The van der Waals surface area contributed by atoms with Gasteiger partial charge in [0, 0.05) is 31.7 Å². The van der Waals surface area contributed by atoms with Gasteiger partial charge in [-0.2, -0.15) is 18.0 Å². The third kappa shape index (κ3) is 5.00. The maximum absolute atomic E-state index is 12.8. The van der Waals surface area contributed by atoms with E-state index in [-0.39, 0.29) is 30.4 Å². The van der Waals surface area contributed by atoms with Crippen LogP contribution in [0.5, 0.6) is 0 Å². The smallest absolute Gasteiger partial charge is 0.416 e. The Morgan fingerprint density at radius 3 is 2.48 bits per heavy atom. The van der Waals surface area contributed by atoms with E-state index in [2.05, 4.69) is 15.4 Å². The van der Waals surface area contributed by atoms with E-state index >= 15 is 0 Å². The highest BCUT2D eigenvalue weighted by Crippen LogP contribution is 2.31. The van der Waals surface area contributed by atoms with Crippen LogP contribution in [0, 0.1) is 0 Å². The number of nitrogens with zero attached hydrogens (tertiary/aromatic N) is 6. The summed E-state index contributed by atoms with van der Waals surface area (Å²) in [5.74, 6) is -0.280. The van der Waals surface area contributed by atoms with Gasteiger partial charge < -0.3 is 14.5 Å². The normalized spacial score (nSPS) is 14.8. The van der Waals surface area contributed by atoms with Crippen molar-refractivity contribution in [3.8, 4) is 11.4 Å². The van der Waals surface area contributed by atoms with Crippen LogP contribution < -0.4 is 0 Å². The van der Waals surface area contributed by atoms with Crippen LogP contribution >= 0.6 is 0 Å². The number of carbonyl (C=O) groups is 2. The van der Waals surface area contributed by atoms with E-state index < -0.39 is 17.8 Å². The Hall–Kier alpha value is -3.18. The predicted molar refractivity (Wildman–Crippen MR) is 93.4 cm³/mol. The average Bonchev–Trinajstić information content (AvgIpc) is 3.16. The highest BCUT2D eigenvalue weighted by atomic mass is 19.4. The van der Waals surface area contributed by atoms with Crippen LogP contribution in [-0.2, 0) is 22.3 Å². The first kappa shape index (κ1) is 20.6. The molecule has 0 aliphatic carbocycles. The first-order valence-electron chi connectivity index (χ1n) is 8.93. The Labute approximate surface area is 164 Å². The van der Waals surface area contributed by atoms with Crippen molar-refractivity contribution in [2.24, 2.45) is 0 Å². The molecule has 29 heavy (non-hydrogen) atoms. The van der Waals surface area contributed by atoms with E-state index in [0.717, 1.165) is 16.9 Å². The Morgan fingerprint density at radius 1 is 1.14 bits per heavy atom. The summed E-state index contributed by atoms with van der Waals surface area (Å²) in [6, 6.07) is 4.57. The van der Waals surface area contributed by atoms with Crippen LogP contribution in [0.3, 0.4) is 0 Å². The maximum Gasteiger partial charge on any atom is 0.416 e. The summed E-state index contributed by atoms with van der Waals surface area (Å²) in [6.45, 7) is 3.18. The number of hydrogen-bond donors (Lipinski definition) is 0. The molecule has 2 aromatic rings. The van der Waals surface area contributed by atoms with Crippen molar-refractivity contribution >= 4 is 12.0 Å². The number of piperazine rings is 1. The summed E-state index contributed by atoms with van der Waals surface area (Å²) in [6.07, 6.45) is -4.89. The van der Waals surface area contributed by atoms with Gasteiger partial charge in [-0.25, -0.2) is 4.79 Å². The fourth-order valence-electron chi connectivity index (χ4n) is 2.83. The van der Waals surface area contributed by atoms with Gasteiger partial charge in [-0.1, -0.05) is 12.1 Å². The third-order valence-corrected chi connectivity index (χ3v) is 4.34. The lowest BCUT2D eigenvalue weighted by Gasteiger charge is -2.33. The van der Waals surface area contributed by atoms with Gasteiger partial charge in [0.05, 0.1) is 12.2 Å². The number of amides is 2. The number of ether oxygens (including phenoxy) is 1. The number of tetrazole rings is 1. The molecule has 1 saturated heterocycles. The first-order valence-corrected chi connectivity index (χ1v) is 8.93. The second-order valence-electron chi connectivity index (χ2n) is 6.29. The van der Waals surface area contributed by atoms with E-state index in [9.17, 15) is 22.8 Å². The number of hydrogen-bond acceptors (Lipinski definition) is 6. The summed E-state index contributed by atoms with van der Waals surface area (Å²) in [7, 11) is 0. The number of rotatable bonds is 4. The molecule has 1 aromatic heterocycles. The molecule has 3 rings (SSSR count). The molecule has 0 bridgehead atoms. The molecule has 0 N–H and O–H groups in total. The molecule has 12 heteroatoms.